The minimum absolute atomic E-state index is 0.176. The van der Waals surface area contributed by atoms with Gasteiger partial charge >= 0.3 is 0 Å². The largest absolute Gasteiger partial charge is 0.451 e. The van der Waals surface area contributed by atoms with Crippen molar-refractivity contribution in [3.05, 3.63) is 88.5 Å². The van der Waals surface area contributed by atoms with Gasteiger partial charge in [0.05, 0.1) is 4.21 Å². The molecule has 0 bridgehead atoms. The van der Waals surface area contributed by atoms with Crippen LogP contribution in [0.15, 0.2) is 74.7 Å². The van der Waals surface area contributed by atoms with E-state index in [9.17, 15) is 4.79 Å². The first-order chi connectivity index (χ1) is 14.6. The van der Waals surface area contributed by atoms with Gasteiger partial charge in [-0.05, 0) is 42.7 Å². The molecule has 154 valence electrons. The van der Waals surface area contributed by atoms with Crippen LogP contribution >= 0.6 is 23.1 Å². The number of amides is 1. The van der Waals surface area contributed by atoms with Crippen molar-refractivity contribution in [1.82, 2.24) is 10.2 Å². The molecule has 0 aliphatic heterocycles. The van der Waals surface area contributed by atoms with E-state index in [0.717, 1.165) is 28.6 Å². The molecule has 2 aromatic carbocycles. The van der Waals surface area contributed by atoms with Crippen LogP contribution < -0.4 is 5.32 Å². The lowest BCUT2D eigenvalue weighted by atomic mass is 10.1. The van der Waals surface area contributed by atoms with Crippen LogP contribution in [0.1, 0.15) is 27.2 Å². The third-order valence-corrected chi connectivity index (χ3v) is 6.89. The lowest BCUT2D eigenvalue weighted by molar-refractivity contribution is 0.0924. The van der Waals surface area contributed by atoms with Crippen molar-refractivity contribution in [1.29, 1.82) is 0 Å². The van der Waals surface area contributed by atoms with Gasteiger partial charge in [-0.3, -0.25) is 4.79 Å². The molecule has 1 N–H and O–H groups in total. The summed E-state index contributed by atoms with van der Waals surface area (Å²) in [6, 6.07) is 20.3. The maximum Gasteiger partial charge on any atom is 0.287 e. The quantitative estimate of drug-likeness (QED) is 0.356. The lowest BCUT2D eigenvalue weighted by Gasteiger charge is -2.10. The smallest absolute Gasteiger partial charge is 0.287 e. The van der Waals surface area contributed by atoms with Gasteiger partial charge < -0.3 is 14.6 Å². The summed E-state index contributed by atoms with van der Waals surface area (Å²) in [5.74, 6) is 0.925. The molecule has 0 aliphatic carbocycles. The topological polar surface area (TPSA) is 45.5 Å². The Kier molecular flexibility index (Phi) is 6.57. The van der Waals surface area contributed by atoms with Crippen LogP contribution in [0.25, 0.3) is 11.0 Å². The van der Waals surface area contributed by atoms with E-state index in [1.165, 1.54) is 9.77 Å². The summed E-state index contributed by atoms with van der Waals surface area (Å²) in [5.41, 5.74) is 4.01. The van der Waals surface area contributed by atoms with Gasteiger partial charge in [0.15, 0.2) is 5.76 Å². The first-order valence-corrected chi connectivity index (χ1v) is 11.6. The molecular formula is C24H24N2O2S2. The van der Waals surface area contributed by atoms with E-state index < -0.39 is 0 Å². The molecule has 0 spiro atoms. The number of fused-ring (bicyclic) bond motifs is 1. The average Bonchev–Trinajstić information content (AvgIpc) is 3.39. The molecule has 2 heterocycles. The number of hydrogen-bond acceptors (Lipinski definition) is 5. The number of thioether (sulfide) groups is 1. The van der Waals surface area contributed by atoms with Gasteiger partial charge in [0.1, 0.15) is 5.58 Å². The Hall–Kier alpha value is -2.54. The molecule has 0 saturated carbocycles. The lowest BCUT2D eigenvalue weighted by Crippen LogP contribution is -2.23. The summed E-state index contributed by atoms with van der Waals surface area (Å²) in [6.45, 7) is 1.37. The summed E-state index contributed by atoms with van der Waals surface area (Å²) >= 11 is 3.43. The molecule has 0 atom stereocenters. The van der Waals surface area contributed by atoms with Crippen LogP contribution in [-0.4, -0.2) is 24.9 Å². The number of hydrogen-bond donors (Lipinski definition) is 1. The van der Waals surface area contributed by atoms with Crippen molar-refractivity contribution in [3.63, 3.8) is 0 Å². The van der Waals surface area contributed by atoms with E-state index in [0.29, 0.717) is 18.1 Å². The van der Waals surface area contributed by atoms with Gasteiger partial charge in [-0.25, -0.2) is 0 Å². The third-order valence-electron chi connectivity index (χ3n) is 4.73. The van der Waals surface area contributed by atoms with Gasteiger partial charge in [0.2, 0.25) is 0 Å². The Balaban J connectivity index is 1.48. The van der Waals surface area contributed by atoms with Crippen molar-refractivity contribution in [2.75, 3.05) is 14.1 Å². The Morgan fingerprint density at radius 3 is 2.53 bits per heavy atom. The monoisotopic (exact) mass is 436 g/mol. The fourth-order valence-corrected chi connectivity index (χ4v) is 5.12. The molecule has 1 amide bonds. The summed E-state index contributed by atoms with van der Waals surface area (Å²) in [7, 11) is 4.10. The van der Waals surface area contributed by atoms with Crippen molar-refractivity contribution in [2.24, 2.45) is 0 Å². The zero-order valence-corrected chi connectivity index (χ0v) is 18.7. The molecule has 6 heteroatoms. The molecular weight excluding hydrogens is 412 g/mol. The number of nitrogens with one attached hydrogen (secondary N) is 1. The number of carbonyl (C=O) groups excluding carboxylic acids is 1. The maximum absolute atomic E-state index is 13.0. The molecule has 30 heavy (non-hydrogen) atoms. The second-order valence-electron chi connectivity index (χ2n) is 7.36. The van der Waals surface area contributed by atoms with Crippen LogP contribution in [0.2, 0.25) is 0 Å². The normalized spacial score (nSPS) is 11.3. The number of thiophene rings is 1. The Morgan fingerprint density at radius 2 is 1.80 bits per heavy atom. The van der Waals surface area contributed by atoms with Gasteiger partial charge in [-0.1, -0.05) is 48.5 Å². The minimum Gasteiger partial charge on any atom is -0.451 e. The number of rotatable bonds is 8. The molecule has 0 fully saturated rings. The molecule has 4 aromatic rings. The minimum atomic E-state index is -0.176. The summed E-state index contributed by atoms with van der Waals surface area (Å²) in [5, 5.41) is 6.08. The first-order valence-electron chi connectivity index (χ1n) is 9.77. The predicted molar refractivity (Wildman–Crippen MR) is 125 cm³/mol. The highest BCUT2D eigenvalue weighted by atomic mass is 32.2. The highest BCUT2D eigenvalue weighted by molar-refractivity contribution is 8.00. The number of nitrogens with zero attached hydrogens (tertiary/aromatic N) is 1. The zero-order chi connectivity index (χ0) is 20.9. The predicted octanol–water partition coefficient (Wildman–Crippen LogP) is 5.78. The van der Waals surface area contributed by atoms with E-state index in [2.05, 4.69) is 60.0 Å². The average molecular weight is 437 g/mol. The molecule has 2 aromatic heterocycles. The summed E-state index contributed by atoms with van der Waals surface area (Å²) in [4.78, 5) is 15.1. The number of benzene rings is 2. The van der Waals surface area contributed by atoms with E-state index in [1.54, 1.807) is 23.1 Å². The fraction of sp³-hybridized carbons (Fsp3) is 0.208. The Morgan fingerprint density at radius 1 is 1.03 bits per heavy atom. The third kappa shape index (κ3) is 4.95. The van der Waals surface area contributed by atoms with Gasteiger partial charge in [0, 0.05) is 29.8 Å². The van der Waals surface area contributed by atoms with Crippen LogP contribution in [0.5, 0.6) is 0 Å². The summed E-state index contributed by atoms with van der Waals surface area (Å²) in [6.07, 6.45) is 0. The summed E-state index contributed by atoms with van der Waals surface area (Å²) < 4.78 is 7.18. The number of para-hydroxylation sites is 1. The highest BCUT2D eigenvalue weighted by Gasteiger charge is 2.20. The van der Waals surface area contributed by atoms with E-state index >= 15 is 0 Å². The number of furan rings is 1. The molecule has 4 nitrogen and oxygen atoms in total. The molecule has 0 radical (unpaired) electrons. The van der Waals surface area contributed by atoms with E-state index in [-0.39, 0.29) is 5.91 Å². The Labute approximate surface area is 184 Å². The molecule has 0 unspecified atom stereocenters. The van der Waals surface area contributed by atoms with Crippen molar-refractivity contribution in [2.45, 2.75) is 23.1 Å². The Bertz CT molecular complexity index is 1120. The van der Waals surface area contributed by atoms with Crippen molar-refractivity contribution < 1.29 is 9.21 Å². The first kappa shape index (κ1) is 20.7. The molecule has 4 rings (SSSR count). The zero-order valence-electron chi connectivity index (χ0n) is 17.1. The van der Waals surface area contributed by atoms with Gasteiger partial charge in [-0.15, -0.1) is 23.1 Å². The van der Waals surface area contributed by atoms with Gasteiger partial charge in [-0.2, -0.15) is 0 Å². The second kappa shape index (κ2) is 9.51. The van der Waals surface area contributed by atoms with E-state index in [1.807, 2.05) is 30.3 Å². The molecule has 0 saturated heterocycles. The van der Waals surface area contributed by atoms with Crippen molar-refractivity contribution >= 4 is 40.0 Å². The molecule has 0 aliphatic rings. The van der Waals surface area contributed by atoms with E-state index in [4.69, 9.17) is 4.42 Å². The standard InChI is InChI=1S/C24H24N2O2S2/c1-26(2)15-18-11-9-17(10-12-18)14-25-24(27)23-20(16-30-22-8-5-13-29-22)19-6-3-4-7-21(19)28-23/h3-13H,14-16H2,1-2H3,(H,25,27). The van der Waals surface area contributed by atoms with Crippen LogP contribution in [0, 0.1) is 0 Å². The maximum atomic E-state index is 13.0. The van der Waals surface area contributed by atoms with Crippen LogP contribution in [0.4, 0.5) is 0 Å². The van der Waals surface area contributed by atoms with Crippen LogP contribution in [0.3, 0.4) is 0 Å². The van der Waals surface area contributed by atoms with Crippen LogP contribution in [-0.2, 0) is 18.8 Å². The van der Waals surface area contributed by atoms with Crippen molar-refractivity contribution in [3.8, 4) is 0 Å². The fourth-order valence-electron chi connectivity index (χ4n) is 3.30. The second-order valence-corrected chi connectivity index (χ2v) is 9.59. The highest BCUT2D eigenvalue weighted by Crippen LogP contribution is 2.33. The SMILES string of the molecule is CN(C)Cc1ccc(CNC(=O)c2oc3ccccc3c2CSc2cccs2)cc1. The number of carbonyl (C=O) groups is 1. The van der Waals surface area contributed by atoms with Gasteiger partial charge in [0.25, 0.3) is 5.91 Å².